The van der Waals surface area contributed by atoms with Crippen LogP contribution < -0.4 is 10.1 Å². The van der Waals surface area contributed by atoms with Crippen LogP contribution in [0.15, 0.2) is 82.8 Å². The minimum Gasteiger partial charge on any atom is -0.322 e. The first-order valence-corrected chi connectivity index (χ1v) is 11.0. The first kappa shape index (κ1) is 21.8. The number of nitrogens with one attached hydrogen (secondary N) is 2. The molecule has 154 valence electrons. The van der Waals surface area contributed by atoms with Crippen LogP contribution >= 0.6 is 23.2 Å². The molecule has 0 saturated carbocycles. The molecule has 1 amide bonds. The Balaban J connectivity index is 1.73. The van der Waals surface area contributed by atoms with Crippen molar-refractivity contribution in [3.63, 3.8) is 0 Å². The number of nitrogens with zero attached hydrogens (tertiary/aromatic N) is 1. The van der Waals surface area contributed by atoms with Gasteiger partial charge in [0.2, 0.25) is 0 Å². The number of rotatable bonds is 6. The molecule has 6 nitrogen and oxygen atoms in total. The average molecular weight is 462 g/mol. The van der Waals surface area contributed by atoms with Gasteiger partial charge in [0, 0.05) is 21.3 Å². The third-order valence-corrected chi connectivity index (χ3v) is 5.83. The van der Waals surface area contributed by atoms with E-state index in [9.17, 15) is 13.2 Å². The standard InChI is InChI=1S/C21H17Cl2N3O3S/c1-14(25-26-30(28,29)20-11-9-18(23)10-12-20)16-3-2-4-19(13-16)24-21(27)15-5-7-17(22)8-6-15/h2-13,26H,1H3,(H,24,27). The molecule has 0 saturated heterocycles. The Bertz CT molecular complexity index is 1190. The molecule has 0 aromatic heterocycles. The molecule has 0 aliphatic carbocycles. The zero-order chi connectivity index (χ0) is 21.7. The summed E-state index contributed by atoms with van der Waals surface area (Å²) in [7, 11) is -3.83. The molecule has 0 unspecified atom stereocenters. The molecule has 3 aromatic carbocycles. The molecule has 0 spiro atoms. The Hall–Kier alpha value is -2.87. The molecule has 3 aromatic rings. The predicted octanol–water partition coefficient (Wildman–Crippen LogP) is 4.95. The van der Waals surface area contributed by atoms with Crippen molar-refractivity contribution in [1.29, 1.82) is 0 Å². The van der Waals surface area contributed by atoms with E-state index >= 15 is 0 Å². The van der Waals surface area contributed by atoms with Gasteiger partial charge in [-0.05, 0) is 73.2 Å². The number of amides is 1. The van der Waals surface area contributed by atoms with Crippen molar-refractivity contribution < 1.29 is 13.2 Å². The smallest absolute Gasteiger partial charge is 0.276 e. The largest absolute Gasteiger partial charge is 0.322 e. The van der Waals surface area contributed by atoms with Crippen LogP contribution in [0.3, 0.4) is 0 Å². The van der Waals surface area contributed by atoms with E-state index in [-0.39, 0.29) is 10.8 Å². The van der Waals surface area contributed by atoms with Gasteiger partial charge < -0.3 is 5.32 Å². The van der Waals surface area contributed by atoms with Crippen LogP contribution in [0.25, 0.3) is 0 Å². The second-order valence-corrected chi connectivity index (χ2v) is 8.82. The average Bonchev–Trinajstić information content (AvgIpc) is 2.73. The van der Waals surface area contributed by atoms with Crippen molar-refractivity contribution in [3.8, 4) is 0 Å². The van der Waals surface area contributed by atoms with E-state index in [2.05, 4.69) is 15.2 Å². The third-order valence-electron chi connectivity index (χ3n) is 4.10. The Kier molecular flexibility index (Phi) is 6.77. The van der Waals surface area contributed by atoms with Gasteiger partial charge in [-0.25, -0.2) is 0 Å². The van der Waals surface area contributed by atoms with Crippen LogP contribution in [0.2, 0.25) is 10.0 Å². The van der Waals surface area contributed by atoms with Gasteiger partial charge >= 0.3 is 0 Å². The summed E-state index contributed by atoms with van der Waals surface area (Å²) in [6.07, 6.45) is 0. The summed E-state index contributed by atoms with van der Waals surface area (Å²) in [6, 6.07) is 19.2. The van der Waals surface area contributed by atoms with Gasteiger partial charge in [0.25, 0.3) is 15.9 Å². The lowest BCUT2D eigenvalue weighted by atomic mass is 10.1. The molecule has 9 heteroatoms. The van der Waals surface area contributed by atoms with Crippen molar-refractivity contribution in [1.82, 2.24) is 4.83 Å². The Morgan fingerprint density at radius 2 is 1.47 bits per heavy atom. The summed E-state index contributed by atoms with van der Waals surface area (Å²) < 4.78 is 24.7. The summed E-state index contributed by atoms with van der Waals surface area (Å²) in [6.45, 7) is 1.66. The van der Waals surface area contributed by atoms with Crippen LogP contribution in [0.5, 0.6) is 0 Å². The highest BCUT2D eigenvalue weighted by Gasteiger charge is 2.13. The van der Waals surface area contributed by atoms with Gasteiger partial charge in [-0.1, -0.05) is 35.3 Å². The topological polar surface area (TPSA) is 87.6 Å². The number of benzene rings is 3. The quantitative estimate of drug-likeness (QED) is 0.402. The highest BCUT2D eigenvalue weighted by Crippen LogP contribution is 2.16. The Labute approximate surface area is 184 Å². The molecule has 0 aliphatic heterocycles. The van der Waals surface area contributed by atoms with E-state index in [4.69, 9.17) is 23.2 Å². The molecule has 0 fully saturated rings. The van der Waals surface area contributed by atoms with Gasteiger partial charge in [0.05, 0.1) is 10.6 Å². The number of hydrogen-bond donors (Lipinski definition) is 2. The summed E-state index contributed by atoms with van der Waals surface area (Å²) in [4.78, 5) is 14.6. The monoisotopic (exact) mass is 461 g/mol. The number of sulfonamides is 1. The SMILES string of the molecule is CC(=NNS(=O)(=O)c1ccc(Cl)cc1)c1cccc(NC(=O)c2ccc(Cl)cc2)c1. The highest BCUT2D eigenvalue weighted by atomic mass is 35.5. The van der Waals surface area contributed by atoms with Crippen molar-refractivity contribution in [3.05, 3.63) is 94.0 Å². The van der Waals surface area contributed by atoms with E-state index in [0.29, 0.717) is 32.6 Å². The molecule has 0 atom stereocenters. The molecule has 0 bridgehead atoms. The van der Waals surface area contributed by atoms with Gasteiger partial charge in [-0.15, -0.1) is 0 Å². The van der Waals surface area contributed by atoms with Crippen LogP contribution in [0, 0.1) is 0 Å². The highest BCUT2D eigenvalue weighted by molar-refractivity contribution is 7.89. The summed E-state index contributed by atoms with van der Waals surface area (Å²) in [5, 5.41) is 7.74. The fraction of sp³-hybridized carbons (Fsp3) is 0.0476. The maximum absolute atomic E-state index is 12.4. The van der Waals surface area contributed by atoms with Crippen LogP contribution in [0.4, 0.5) is 5.69 Å². The fourth-order valence-electron chi connectivity index (χ4n) is 2.49. The lowest BCUT2D eigenvalue weighted by Gasteiger charge is -2.09. The Morgan fingerprint density at radius 1 is 0.867 bits per heavy atom. The van der Waals surface area contributed by atoms with Crippen LogP contribution in [0.1, 0.15) is 22.8 Å². The van der Waals surface area contributed by atoms with Crippen LogP contribution in [-0.2, 0) is 10.0 Å². The van der Waals surface area contributed by atoms with Crippen molar-refractivity contribution in [2.75, 3.05) is 5.32 Å². The predicted molar refractivity (Wildman–Crippen MR) is 120 cm³/mol. The van der Waals surface area contributed by atoms with E-state index in [1.54, 1.807) is 55.5 Å². The maximum Gasteiger partial charge on any atom is 0.276 e. The third kappa shape index (κ3) is 5.60. The minimum atomic E-state index is -3.83. The lowest BCUT2D eigenvalue weighted by Crippen LogP contribution is -2.20. The van der Waals surface area contributed by atoms with Gasteiger partial charge in [0.1, 0.15) is 0 Å². The summed E-state index contributed by atoms with van der Waals surface area (Å²) in [5.41, 5.74) is 2.08. The zero-order valence-electron chi connectivity index (χ0n) is 15.8. The molecule has 0 heterocycles. The lowest BCUT2D eigenvalue weighted by molar-refractivity contribution is 0.102. The van der Waals surface area contributed by atoms with E-state index in [0.717, 1.165) is 0 Å². The van der Waals surface area contributed by atoms with Gasteiger partial charge in [-0.2, -0.15) is 18.4 Å². The van der Waals surface area contributed by atoms with Crippen molar-refractivity contribution in [2.24, 2.45) is 5.10 Å². The fourth-order valence-corrected chi connectivity index (χ4v) is 3.59. The molecule has 2 N–H and O–H groups in total. The first-order valence-electron chi connectivity index (χ1n) is 8.73. The van der Waals surface area contributed by atoms with E-state index in [1.165, 1.54) is 24.3 Å². The summed E-state index contributed by atoms with van der Waals surface area (Å²) >= 11 is 11.6. The zero-order valence-corrected chi connectivity index (χ0v) is 18.1. The number of hydrazone groups is 1. The second-order valence-electron chi connectivity index (χ2n) is 6.29. The molecule has 3 rings (SSSR count). The molecular formula is C21H17Cl2N3O3S. The van der Waals surface area contributed by atoms with Crippen molar-refractivity contribution >= 4 is 50.5 Å². The molecule has 0 aliphatic rings. The Morgan fingerprint density at radius 3 is 2.10 bits per heavy atom. The number of anilines is 1. The van der Waals surface area contributed by atoms with E-state index < -0.39 is 10.0 Å². The van der Waals surface area contributed by atoms with Crippen molar-refractivity contribution in [2.45, 2.75) is 11.8 Å². The molecular weight excluding hydrogens is 445 g/mol. The summed E-state index contributed by atoms with van der Waals surface area (Å²) in [5.74, 6) is -0.290. The second kappa shape index (κ2) is 9.30. The number of carbonyl (C=O) groups is 1. The number of halogens is 2. The first-order chi connectivity index (χ1) is 14.2. The number of carbonyl (C=O) groups excluding carboxylic acids is 1. The molecule has 0 radical (unpaired) electrons. The van der Waals surface area contributed by atoms with Gasteiger partial charge in [-0.3, -0.25) is 4.79 Å². The maximum atomic E-state index is 12.4. The minimum absolute atomic E-state index is 0.0485. The van der Waals surface area contributed by atoms with Crippen LogP contribution in [-0.4, -0.2) is 20.0 Å². The normalized spacial score (nSPS) is 11.8. The molecule has 30 heavy (non-hydrogen) atoms. The van der Waals surface area contributed by atoms with E-state index in [1.807, 2.05) is 0 Å². The van der Waals surface area contributed by atoms with Gasteiger partial charge in [0.15, 0.2) is 0 Å². The number of hydrogen-bond acceptors (Lipinski definition) is 4.